The molecule has 3 rings (SSSR count). The number of hydrogen-bond acceptors (Lipinski definition) is 2. The SMILES string of the molecule is Cn1c(CNC(=O)C2CCCCC2)nc2ccccc21. The van der Waals surface area contributed by atoms with E-state index in [9.17, 15) is 4.79 Å². The zero-order valence-corrected chi connectivity index (χ0v) is 11.9. The summed E-state index contributed by atoms with van der Waals surface area (Å²) in [7, 11) is 2.00. The second kappa shape index (κ2) is 5.65. The van der Waals surface area contributed by atoms with Crippen molar-refractivity contribution in [3.05, 3.63) is 30.1 Å². The highest BCUT2D eigenvalue weighted by atomic mass is 16.1. The lowest BCUT2D eigenvalue weighted by Gasteiger charge is -2.20. The summed E-state index contributed by atoms with van der Waals surface area (Å²) in [6.45, 7) is 0.514. The van der Waals surface area contributed by atoms with Crippen molar-refractivity contribution in [2.45, 2.75) is 38.6 Å². The van der Waals surface area contributed by atoms with Crippen molar-refractivity contribution in [2.75, 3.05) is 0 Å². The third-order valence-corrected chi connectivity index (χ3v) is 4.28. The molecule has 0 atom stereocenters. The minimum Gasteiger partial charge on any atom is -0.349 e. The van der Waals surface area contributed by atoms with Crippen LogP contribution in [-0.2, 0) is 18.4 Å². The van der Waals surface area contributed by atoms with Crippen LogP contribution in [-0.4, -0.2) is 15.5 Å². The molecule has 1 saturated carbocycles. The van der Waals surface area contributed by atoms with Gasteiger partial charge in [-0.05, 0) is 25.0 Å². The third kappa shape index (κ3) is 2.55. The van der Waals surface area contributed by atoms with Crippen molar-refractivity contribution in [2.24, 2.45) is 13.0 Å². The molecule has 1 fully saturated rings. The molecule has 0 unspecified atom stereocenters. The lowest BCUT2D eigenvalue weighted by Crippen LogP contribution is -2.32. The number of amides is 1. The fraction of sp³-hybridized carbons (Fsp3) is 0.500. The molecule has 4 heteroatoms. The van der Waals surface area contributed by atoms with Gasteiger partial charge >= 0.3 is 0 Å². The van der Waals surface area contributed by atoms with Gasteiger partial charge in [0.2, 0.25) is 5.91 Å². The van der Waals surface area contributed by atoms with Crippen LogP contribution in [0.3, 0.4) is 0 Å². The number of aromatic nitrogens is 2. The minimum absolute atomic E-state index is 0.191. The highest BCUT2D eigenvalue weighted by molar-refractivity contribution is 5.79. The average Bonchev–Trinajstić information content (AvgIpc) is 2.83. The lowest BCUT2D eigenvalue weighted by atomic mass is 9.89. The molecule has 20 heavy (non-hydrogen) atoms. The van der Waals surface area contributed by atoms with Gasteiger partial charge in [0, 0.05) is 13.0 Å². The Morgan fingerprint density at radius 3 is 2.80 bits per heavy atom. The summed E-state index contributed by atoms with van der Waals surface area (Å²) in [4.78, 5) is 16.7. The number of carbonyl (C=O) groups is 1. The van der Waals surface area contributed by atoms with E-state index in [0.717, 1.165) is 29.7 Å². The van der Waals surface area contributed by atoms with E-state index >= 15 is 0 Å². The van der Waals surface area contributed by atoms with Crippen LogP contribution in [0.5, 0.6) is 0 Å². The molecule has 106 valence electrons. The van der Waals surface area contributed by atoms with E-state index in [1.54, 1.807) is 0 Å². The van der Waals surface area contributed by atoms with Gasteiger partial charge < -0.3 is 9.88 Å². The molecule has 1 aromatic carbocycles. The number of para-hydroxylation sites is 2. The molecule has 4 nitrogen and oxygen atoms in total. The maximum Gasteiger partial charge on any atom is 0.223 e. The summed E-state index contributed by atoms with van der Waals surface area (Å²) >= 11 is 0. The Hall–Kier alpha value is -1.84. The summed E-state index contributed by atoms with van der Waals surface area (Å²) in [5.74, 6) is 1.31. The normalized spacial score (nSPS) is 16.4. The number of rotatable bonds is 3. The number of imidazole rings is 1. The van der Waals surface area contributed by atoms with E-state index in [1.807, 2.05) is 25.2 Å². The number of nitrogens with zero attached hydrogens (tertiary/aromatic N) is 2. The molecule has 2 aromatic rings. The second-order valence-electron chi connectivity index (χ2n) is 5.63. The predicted octanol–water partition coefficient (Wildman–Crippen LogP) is 2.77. The van der Waals surface area contributed by atoms with Gasteiger partial charge in [-0.25, -0.2) is 4.98 Å². The Labute approximate surface area is 119 Å². The van der Waals surface area contributed by atoms with Crippen LogP contribution in [0.4, 0.5) is 0 Å². The Morgan fingerprint density at radius 2 is 2.05 bits per heavy atom. The number of nitrogens with one attached hydrogen (secondary N) is 1. The first-order chi connectivity index (χ1) is 9.75. The maximum absolute atomic E-state index is 12.1. The number of aryl methyl sites for hydroxylation is 1. The molecule has 1 aromatic heterocycles. The van der Waals surface area contributed by atoms with Gasteiger partial charge in [0.15, 0.2) is 0 Å². The van der Waals surface area contributed by atoms with Crippen LogP contribution < -0.4 is 5.32 Å². The van der Waals surface area contributed by atoms with Crippen LogP contribution in [0, 0.1) is 5.92 Å². The van der Waals surface area contributed by atoms with Gasteiger partial charge in [0.05, 0.1) is 17.6 Å². The number of carbonyl (C=O) groups excluding carboxylic acids is 1. The zero-order valence-electron chi connectivity index (χ0n) is 11.9. The molecule has 0 bridgehead atoms. The Kier molecular flexibility index (Phi) is 3.72. The van der Waals surface area contributed by atoms with Crippen molar-refractivity contribution in [3.63, 3.8) is 0 Å². The summed E-state index contributed by atoms with van der Waals surface area (Å²) in [6, 6.07) is 8.05. The molecule has 0 aliphatic heterocycles. The molecule has 0 saturated heterocycles. The molecular formula is C16H21N3O. The van der Waals surface area contributed by atoms with Crippen LogP contribution in [0.15, 0.2) is 24.3 Å². The fourth-order valence-corrected chi connectivity index (χ4v) is 3.03. The minimum atomic E-state index is 0.191. The number of hydrogen-bond donors (Lipinski definition) is 1. The van der Waals surface area contributed by atoms with E-state index in [0.29, 0.717) is 6.54 Å². The van der Waals surface area contributed by atoms with Crippen molar-refractivity contribution in [1.82, 2.24) is 14.9 Å². The quantitative estimate of drug-likeness (QED) is 0.933. The lowest BCUT2D eigenvalue weighted by molar-refractivity contribution is -0.126. The third-order valence-electron chi connectivity index (χ3n) is 4.28. The zero-order chi connectivity index (χ0) is 13.9. The first-order valence-corrected chi connectivity index (χ1v) is 7.44. The van der Waals surface area contributed by atoms with E-state index in [-0.39, 0.29) is 11.8 Å². The molecule has 1 heterocycles. The van der Waals surface area contributed by atoms with Crippen LogP contribution >= 0.6 is 0 Å². The van der Waals surface area contributed by atoms with Crippen molar-refractivity contribution >= 4 is 16.9 Å². The summed E-state index contributed by atoms with van der Waals surface area (Å²) in [5, 5.41) is 3.05. The molecule has 1 aliphatic rings. The van der Waals surface area contributed by atoms with Crippen molar-refractivity contribution in [1.29, 1.82) is 0 Å². The van der Waals surface area contributed by atoms with Gasteiger partial charge in [0.1, 0.15) is 5.82 Å². The summed E-state index contributed by atoms with van der Waals surface area (Å²) in [6.07, 6.45) is 5.71. The van der Waals surface area contributed by atoms with E-state index in [2.05, 4.69) is 20.9 Å². The molecule has 1 N–H and O–H groups in total. The van der Waals surface area contributed by atoms with Crippen LogP contribution in [0.25, 0.3) is 11.0 Å². The molecule has 1 aliphatic carbocycles. The van der Waals surface area contributed by atoms with Gasteiger partial charge in [-0.1, -0.05) is 31.4 Å². The Balaban J connectivity index is 1.67. The van der Waals surface area contributed by atoms with Gasteiger partial charge in [0.25, 0.3) is 0 Å². The van der Waals surface area contributed by atoms with Gasteiger partial charge in [-0.2, -0.15) is 0 Å². The Morgan fingerprint density at radius 1 is 1.30 bits per heavy atom. The van der Waals surface area contributed by atoms with Crippen LogP contribution in [0.2, 0.25) is 0 Å². The molecule has 0 radical (unpaired) electrons. The van der Waals surface area contributed by atoms with Crippen LogP contribution in [0.1, 0.15) is 37.9 Å². The first-order valence-electron chi connectivity index (χ1n) is 7.44. The highest BCUT2D eigenvalue weighted by Gasteiger charge is 2.21. The van der Waals surface area contributed by atoms with Gasteiger partial charge in [-0.3, -0.25) is 4.79 Å². The summed E-state index contributed by atoms with van der Waals surface area (Å²) < 4.78 is 2.05. The van der Waals surface area contributed by atoms with E-state index < -0.39 is 0 Å². The largest absolute Gasteiger partial charge is 0.349 e. The highest BCUT2D eigenvalue weighted by Crippen LogP contribution is 2.23. The maximum atomic E-state index is 12.1. The monoisotopic (exact) mass is 271 g/mol. The second-order valence-corrected chi connectivity index (χ2v) is 5.63. The van der Waals surface area contributed by atoms with Crippen molar-refractivity contribution < 1.29 is 4.79 Å². The first kappa shape index (κ1) is 13.2. The molecule has 1 amide bonds. The average molecular weight is 271 g/mol. The number of fused-ring (bicyclic) bond motifs is 1. The number of benzene rings is 1. The fourth-order valence-electron chi connectivity index (χ4n) is 3.03. The standard InChI is InChI=1S/C16H21N3O/c1-19-14-10-6-5-9-13(14)18-15(19)11-17-16(20)12-7-3-2-4-8-12/h5-6,9-10,12H,2-4,7-8,11H2,1H3,(H,17,20). The summed E-state index contributed by atoms with van der Waals surface area (Å²) in [5.41, 5.74) is 2.09. The van der Waals surface area contributed by atoms with Crippen molar-refractivity contribution in [3.8, 4) is 0 Å². The topological polar surface area (TPSA) is 46.9 Å². The predicted molar refractivity (Wildman–Crippen MR) is 79.1 cm³/mol. The smallest absolute Gasteiger partial charge is 0.223 e. The van der Waals surface area contributed by atoms with E-state index in [1.165, 1.54) is 19.3 Å². The molecule has 0 spiro atoms. The van der Waals surface area contributed by atoms with E-state index in [4.69, 9.17) is 0 Å². The molecular weight excluding hydrogens is 250 g/mol. The Bertz CT molecular complexity index is 611. The van der Waals surface area contributed by atoms with Gasteiger partial charge in [-0.15, -0.1) is 0 Å².